The molecule has 0 aliphatic carbocycles. The Bertz CT molecular complexity index is 207. The summed E-state index contributed by atoms with van der Waals surface area (Å²) in [6.45, 7) is 20.7. The van der Waals surface area contributed by atoms with E-state index in [0.29, 0.717) is 13.2 Å². The summed E-state index contributed by atoms with van der Waals surface area (Å²) in [7, 11) is 0. The van der Waals surface area contributed by atoms with E-state index in [-0.39, 0.29) is 40.0 Å². The van der Waals surface area contributed by atoms with Gasteiger partial charge in [-0.1, -0.05) is 0 Å². The van der Waals surface area contributed by atoms with E-state index >= 15 is 0 Å². The van der Waals surface area contributed by atoms with Gasteiger partial charge in [0.05, 0.1) is 0 Å². The Labute approximate surface area is 182 Å². The van der Waals surface area contributed by atoms with Crippen molar-refractivity contribution in [2.24, 2.45) is 0 Å². The van der Waals surface area contributed by atoms with E-state index in [0.717, 1.165) is 0 Å². The first kappa shape index (κ1) is 41.4. The predicted octanol–water partition coefficient (Wildman–Crippen LogP) is 3.25. The van der Waals surface area contributed by atoms with Gasteiger partial charge in [-0.3, -0.25) is 0 Å². The second-order valence-corrected chi connectivity index (χ2v) is 6.36. The SMILES string of the molecule is CC(C)O.CC(C)O.CC(C)O.CCOC(OCC)C(=O)O.C[C-](C)C.[Ti]. The van der Waals surface area contributed by atoms with Crippen LogP contribution in [-0.2, 0) is 36.0 Å². The molecule has 0 saturated heterocycles. The summed E-state index contributed by atoms with van der Waals surface area (Å²) in [6.07, 6.45) is -1.60. The molecule has 7 nitrogen and oxygen atoms in total. The number of carboxylic acid groups (broad SMARTS) is 1. The van der Waals surface area contributed by atoms with Gasteiger partial charge in [0.2, 0.25) is 0 Å². The fourth-order valence-corrected chi connectivity index (χ4v) is 0.493. The normalized spacial score (nSPS) is 9.15. The third-order valence-corrected chi connectivity index (χ3v) is 0.838. The van der Waals surface area contributed by atoms with Crippen molar-refractivity contribution in [3.63, 3.8) is 0 Å². The van der Waals surface area contributed by atoms with E-state index in [2.05, 4.69) is 20.8 Å². The number of hydrogen-bond acceptors (Lipinski definition) is 6. The van der Waals surface area contributed by atoms with Crippen molar-refractivity contribution in [3.05, 3.63) is 5.92 Å². The first-order chi connectivity index (χ1) is 11.6. The molecule has 0 atom stereocenters. The van der Waals surface area contributed by atoms with E-state index in [9.17, 15) is 4.79 Å². The Morgan fingerprint density at radius 3 is 1.00 bits per heavy atom. The third-order valence-electron chi connectivity index (χ3n) is 0.838. The van der Waals surface area contributed by atoms with Crippen molar-refractivity contribution >= 4 is 5.97 Å². The summed E-state index contributed by atoms with van der Waals surface area (Å²) in [6, 6.07) is 0. The van der Waals surface area contributed by atoms with Gasteiger partial charge in [0, 0.05) is 53.2 Å². The van der Waals surface area contributed by atoms with Gasteiger partial charge in [0.25, 0.3) is 6.29 Å². The Balaban J connectivity index is -0.0000000552. The summed E-state index contributed by atoms with van der Waals surface area (Å²) in [5.74, 6) is 0.337. The Kier molecular flexibility index (Phi) is 51.4. The van der Waals surface area contributed by atoms with Gasteiger partial charge >= 0.3 is 5.97 Å². The molecule has 27 heavy (non-hydrogen) atoms. The molecular weight excluding hydrogens is 388 g/mol. The first-order valence-electron chi connectivity index (χ1n) is 8.92. The fourth-order valence-electron chi connectivity index (χ4n) is 0.493. The second kappa shape index (κ2) is 33.6. The Morgan fingerprint density at radius 1 is 0.778 bits per heavy atom. The minimum atomic E-state index is -1.10. The van der Waals surface area contributed by atoms with Gasteiger partial charge < -0.3 is 35.8 Å². The summed E-state index contributed by atoms with van der Waals surface area (Å²) in [4.78, 5) is 10.2. The molecule has 0 amide bonds. The topological polar surface area (TPSA) is 116 Å². The molecule has 0 heterocycles. The average molecular weight is 433 g/mol. The standard InChI is InChI=1S/C6H12O4.C4H9.3C3H8O.Ti/c1-3-9-6(5(7)8)10-4-2;1-4(2)3;3*1-3(2)4;/h6H,3-4H2,1-2H3,(H,7,8);1-3H3;3*3-4H,1-2H3;/q;-1;;;;. The number of rotatable bonds is 5. The van der Waals surface area contributed by atoms with E-state index in [1.165, 1.54) is 5.92 Å². The zero-order valence-electron chi connectivity index (χ0n) is 19.2. The number of aliphatic carboxylic acids is 1. The van der Waals surface area contributed by atoms with Gasteiger partial charge in [-0.05, 0) is 55.4 Å². The molecule has 0 radical (unpaired) electrons. The Morgan fingerprint density at radius 2 is 0.926 bits per heavy atom. The quantitative estimate of drug-likeness (QED) is 0.299. The summed E-state index contributed by atoms with van der Waals surface area (Å²) >= 11 is 0. The van der Waals surface area contributed by atoms with Gasteiger partial charge in [0.1, 0.15) is 0 Å². The maximum atomic E-state index is 10.2. The van der Waals surface area contributed by atoms with Crippen molar-refractivity contribution < 1.29 is 56.4 Å². The zero-order chi connectivity index (χ0) is 22.3. The molecule has 8 heteroatoms. The summed E-state index contributed by atoms with van der Waals surface area (Å²) in [5.41, 5.74) is 0. The van der Waals surface area contributed by atoms with Gasteiger partial charge in [0.15, 0.2) is 0 Å². The van der Waals surface area contributed by atoms with Crippen LogP contribution >= 0.6 is 0 Å². The van der Waals surface area contributed by atoms with E-state index in [1.807, 2.05) is 0 Å². The van der Waals surface area contributed by atoms with Crippen LogP contribution in [0.3, 0.4) is 0 Å². The van der Waals surface area contributed by atoms with Crippen LogP contribution < -0.4 is 0 Å². The maximum absolute atomic E-state index is 10.2. The molecule has 4 N–H and O–H groups in total. The molecule has 0 fully saturated rings. The first-order valence-corrected chi connectivity index (χ1v) is 8.92. The number of aliphatic hydroxyl groups is 3. The van der Waals surface area contributed by atoms with Crippen LogP contribution in [-0.4, -0.2) is 64.2 Å². The number of carbonyl (C=O) groups is 1. The van der Waals surface area contributed by atoms with Gasteiger partial charge in [-0.15, -0.1) is 0 Å². The van der Waals surface area contributed by atoms with Crippen LogP contribution in [0.1, 0.15) is 76.2 Å². The molecule has 0 aromatic heterocycles. The molecule has 0 aliphatic rings. The largest absolute Gasteiger partial charge is 0.477 e. The van der Waals surface area contributed by atoms with Crippen molar-refractivity contribution in [3.8, 4) is 0 Å². The molecule has 0 unspecified atom stereocenters. The van der Waals surface area contributed by atoms with Crippen LogP contribution in [0.15, 0.2) is 0 Å². The van der Waals surface area contributed by atoms with Gasteiger partial charge in [-0.2, -0.15) is 20.8 Å². The molecule has 0 bridgehead atoms. The van der Waals surface area contributed by atoms with E-state index in [1.54, 1.807) is 55.4 Å². The number of hydrogen-bond donors (Lipinski definition) is 4. The van der Waals surface area contributed by atoms with E-state index in [4.69, 9.17) is 29.9 Å². The predicted molar refractivity (Wildman–Crippen MR) is 107 cm³/mol. The molecule has 0 aliphatic heterocycles. The fraction of sp³-hybridized carbons (Fsp3) is 0.895. The smallest absolute Gasteiger partial charge is 0.361 e. The van der Waals surface area contributed by atoms with Gasteiger partial charge in [-0.25, -0.2) is 4.79 Å². The maximum Gasteiger partial charge on any atom is 0.361 e. The molecule has 0 spiro atoms. The average Bonchev–Trinajstić information content (AvgIpc) is 2.35. The third kappa shape index (κ3) is 150. The summed E-state index contributed by atoms with van der Waals surface area (Å²) < 4.78 is 9.44. The number of aliphatic hydroxyl groups excluding tert-OH is 3. The monoisotopic (exact) mass is 433 g/mol. The minimum absolute atomic E-state index is 0. The minimum Gasteiger partial charge on any atom is -0.477 e. The molecule has 0 saturated carbocycles. The summed E-state index contributed by atoms with van der Waals surface area (Å²) in [5, 5.41) is 32.6. The van der Waals surface area contributed by atoms with E-state index < -0.39 is 12.3 Å². The van der Waals surface area contributed by atoms with Crippen molar-refractivity contribution in [1.82, 2.24) is 0 Å². The van der Waals surface area contributed by atoms with Crippen LogP contribution in [0.25, 0.3) is 0 Å². The van der Waals surface area contributed by atoms with Crippen LogP contribution in [0, 0.1) is 5.92 Å². The van der Waals surface area contributed by atoms with Crippen LogP contribution in [0.2, 0.25) is 0 Å². The van der Waals surface area contributed by atoms with Crippen molar-refractivity contribution in [2.75, 3.05) is 13.2 Å². The second-order valence-electron chi connectivity index (χ2n) is 6.36. The van der Waals surface area contributed by atoms with Crippen molar-refractivity contribution in [1.29, 1.82) is 0 Å². The molecule has 0 aromatic rings. The molecule has 0 aromatic carbocycles. The van der Waals surface area contributed by atoms with Crippen molar-refractivity contribution in [2.45, 2.75) is 101 Å². The molecule has 0 rings (SSSR count). The number of carboxylic acids is 1. The van der Waals surface area contributed by atoms with Crippen LogP contribution in [0.4, 0.5) is 0 Å². The Hall–Kier alpha value is -0.0157. The molecular formula is C19H45O7Ti-. The zero-order valence-corrected chi connectivity index (χ0v) is 20.8. The number of ether oxygens (including phenoxy) is 2. The molecule has 168 valence electrons. The van der Waals surface area contributed by atoms with Crippen LogP contribution in [0.5, 0.6) is 0 Å².